The maximum absolute atomic E-state index is 12.8. The Kier molecular flexibility index (Phi) is 4.94. The highest BCUT2D eigenvalue weighted by molar-refractivity contribution is 5.93. The first-order valence-electron chi connectivity index (χ1n) is 8.49. The van der Waals surface area contributed by atoms with Crippen LogP contribution in [0.2, 0.25) is 0 Å². The molecule has 0 N–H and O–H groups in total. The number of hydrogen-bond donors (Lipinski definition) is 0. The minimum absolute atomic E-state index is 0.0565. The second-order valence-corrected chi connectivity index (χ2v) is 6.30. The van der Waals surface area contributed by atoms with Crippen LogP contribution in [0.25, 0.3) is 5.65 Å². The summed E-state index contributed by atoms with van der Waals surface area (Å²) in [6, 6.07) is 3.67. The van der Waals surface area contributed by atoms with E-state index in [1.165, 1.54) is 10.6 Å². The molecule has 0 spiro atoms. The molecule has 6 heteroatoms. The maximum Gasteiger partial charge on any atom is 0.270 e. The molecule has 1 amide bonds. The zero-order valence-electron chi connectivity index (χ0n) is 14.2. The van der Waals surface area contributed by atoms with E-state index >= 15 is 0 Å². The lowest BCUT2D eigenvalue weighted by Crippen LogP contribution is -2.45. The Morgan fingerprint density at radius 3 is 3.04 bits per heavy atom. The topological polar surface area (TPSA) is 63.9 Å². The van der Waals surface area contributed by atoms with Gasteiger partial charge in [0.25, 0.3) is 11.5 Å². The van der Waals surface area contributed by atoms with Crippen LogP contribution in [0.4, 0.5) is 0 Å². The van der Waals surface area contributed by atoms with E-state index in [2.05, 4.69) is 11.9 Å². The first-order valence-corrected chi connectivity index (χ1v) is 8.49. The van der Waals surface area contributed by atoms with E-state index in [0.29, 0.717) is 25.3 Å². The summed E-state index contributed by atoms with van der Waals surface area (Å²) in [7, 11) is 0. The Morgan fingerprint density at radius 2 is 2.25 bits per heavy atom. The molecule has 128 valence electrons. The van der Waals surface area contributed by atoms with Gasteiger partial charge in [-0.25, -0.2) is 4.98 Å². The van der Waals surface area contributed by atoms with Gasteiger partial charge in [-0.15, -0.1) is 0 Å². The van der Waals surface area contributed by atoms with E-state index in [1.54, 1.807) is 17.2 Å². The van der Waals surface area contributed by atoms with E-state index in [1.807, 2.05) is 13.0 Å². The highest BCUT2D eigenvalue weighted by Crippen LogP contribution is 2.15. The van der Waals surface area contributed by atoms with E-state index in [9.17, 15) is 9.59 Å². The summed E-state index contributed by atoms with van der Waals surface area (Å²) in [6.45, 7) is 5.86. The number of pyridine rings is 1. The minimum Gasteiger partial charge on any atom is -0.376 e. The summed E-state index contributed by atoms with van der Waals surface area (Å²) in [4.78, 5) is 31.4. The average molecular weight is 329 g/mol. The summed E-state index contributed by atoms with van der Waals surface area (Å²) < 4.78 is 7.21. The Hall–Kier alpha value is -2.21. The molecular formula is C18H23N3O3. The second-order valence-electron chi connectivity index (χ2n) is 6.30. The molecule has 6 nitrogen and oxygen atoms in total. The van der Waals surface area contributed by atoms with E-state index < -0.39 is 0 Å². The Morgan fingerprint density at radius 1 is 1.42 bits per heavy atom. The SMILES string of the molecule is CCCOC1CCCN(C(=O)c2cnc3ccc(C)cn3c2=O)C1. The third-order valence-electron chi connectivity index (χ3n) is 4.30. The largest absolute Gasteiger partial charge is 0.376 e. The standard InChI is InChI=1S/C18H23N3O3/c1-3-9-24-14-5-4-8-20(12-14)17(22)15-10-19-16-7-6-13(2)11-21(16)18(15)23/h6-7,10-11,14H,3-5,8-9,12H2,1-2H3. The number of aromatic nitrogens is 2. The van der Waals surface area contributed by atoms with E-state index in [0.717, 1.165) is 24.8 Å². The van der Waals surface area contributed by atoms with Gasteiger partial charge < -0.3 is 9.64 Å². The number of carbonyl (C=O) groups is 1. The van der Waals surface area contributed by atoms with Gasteiger partial charge in [-0.1, -0.05) is 13.0 Å². The molecule has 1 aliphatic rings. The van der Waals surface area contributed by atoms with Gasteiger partial charge in [0.2, 0.25) is 0 Å². The number of nitrogens with zero attached hydrogens (tertiary/aromatic N) is 3. The lowest BCUT2D eigenvalue weighted by atomic mass is 10.1. The Labute approximate surface area is 141 Å². The zero-order valence-corrected chi connectivity index (χ0v) is 14.2. The van der Waals surface area contributed by atoms with Crippen molar-refractivity contribution < 1.29 is 9.53 Å². The smallest absolute Gasteiger partial charge is 0.270 e. The van der Waals surface area contributed by atoms with Crippen molar-refractivity contribution in [3.05, 3.63) is 46.0 Å². The molecule has 1 atom stereocenters. The molecule has 1 fully saturated rings. The molecule has 3 rings (SSSR count). The van der Waals surface area contributed by atoms with Crippen LogP contribution in [0.15, 0.2) is 29.3 Å². The number of hydrogen-bond acceptors (Lipinski definition) is 4. The molecule has 1 unspecified atom stereocenters. The Bertz CT molecular complexity index is 800. The van der Waals surface area contributed by atoms with Crippen molar-refractivity contribution in [1.29, 1.82) is 0 Å². The monoisotopic (exact) mass is 329 g/mol. The zero-order chi connectivity index (χ0) is 17.1. The molecule has 0 aliphatic carbocycles. The summed E-state index contributed by atoms with van der Waals surface area (Å²) in [6.07, 6.45) is 5.97. The van der Waals surface area contributed by atoms with Gasteiger partial charge in [0, 0.05) is 32.1 Å². The van der Waals surface area contributed by atoms with Crippen LogP contribution in [0, 0.1) is 6.92 Å². The molecule has 24 heavy (non-hydrogen) atoms. The Balaban J connectivity index is 1.85. The number of carbonyl (C=O) groups excluding carboxylic acids is 1. The molecule has 2 aromatic heterocycles. The number of rotatable bonds is 4. The predicted octanol–water partition coefficient (Wildman–Crippen LogP) is 2.03. The fourth-order valence-corrected chi connectivity index (χ4v) is 3.04. The van der Waals surface area contributed by atoms with Crippen LogP contribution in [0.1, 0.15) is 42.1 Å². The molecule has 0 bridgehead atoms. The van der Waals surface area contributed by atoms with Crippen molar-refractivity contribution in [2.24, 2.45) is 0 Å². The second kappa shape index (κ2) is 7.13. The van der Waals surface area contributed by atoms with Crippen molar-refractivity contribution in [1.82, 2.24) is 14.3 Å². The number of fused-ring (bicyclic) bond motifs is 1. The number of aryl methyl sites for hydroxylation is 1. The minimum atomic E-state index is -0.315. The summed E-state index contributed by atoms with van der Waals surface area (Å²) in [5.41, 5.74) is 1.30. The van der Waals surface area contributed by atoms with Crippen LogP contribution >= 0.6 is 0 Å². The lowest BCUT2D eigenvalue weighted by molar-refractivity contribution is 0.00203. The molecular weight excluding hydrogens is 306 g/mol. The van der Waals surface area contributed by atoms with Crippen LogP contribution in [0.3, 0.4) is 0 Å². The first-order chi connectivity index (χ1) is 11.6. The summed E-state index contributed by atoms with van der Waals surface area (Å²) in [5, 5.41) is 0. The molecule has 1 saturated heterocycles. The van der Waals surface area contributed by atoms with Gasteiger partial charge in [-0.05, 0) is 37.8 Å². The fourth-order valence-electron chi connectivity index (χ4n) is 3.04. The first kappa shape index (κ1) is 16.6. The molecule has 0 radical (unpaired) electrons. The normalized spacial score (nSPS) is 18.1. The van der Waals surface area contributed by atoms with Gasteiger partial charge in [-0.2, -0.15) is 0 Å². The number of piperidine rings is 1. The van der Waals surface area contributed by atoms with Crippen molar-refractivity contribution in [2.45, 2.75) is 39.2 Å². The summed E-state index contributed by atoms with van der Waals surface area (Å²) in [5.74, 6) is -0.256. The third kappa shape index (κ3) is 3.33. The van der Waals surface area contributed by atoms with Gasteiger partial charge in [0.15, 0.2) is 0 Å². The van der Waals surface area contributed by atoms with Crippen LogP contribution in [0.5, 0.6) is 0 Å². The molecule has 0 aromatic carbocycles. The highest BCUT2D eigenvalue weighted by atomic mass is 16.5. The fraction of sp³-hybridized carbons (Fsp3) is 0.500. The molecule has 0 saturated carbocycles. The number of ether oxygens (including phenoxy) is 1. The van der Waals surface area contributed by atoms with Crippen LogP contribution in [-0.2, 0) is 4.74 Å². The highest BCUT2D eigenvalue weighted by Gasteiger charge is 2.26. The van der Waals surface area contributed by atoms with Gasteiger partial charge in [0.1, 0.15) is 11.2 Å². The maximum atomic E-state index is 12.8. The molecule has 1 aliphatic heterocycles. The van der Waals surface area contributed by atoms with E-state index in [4.69, 9.17) is 4.74 Å². The molecule has 2 aromatic rings. The summed E-state index contributed by atoms with van der Waals surface area (Å²) >= 11 is 0. The lowest BCUT2D eigenvalue weighted by Gasteiger charge is -2.32. The van der Waals surface area contributed by atoms with Crippen LogP contribution < -0.4 is 5.56 Å². The number of likely N-dealkylation sites (tertiary alicyclic amines) is 1. The quantitative estimate of drug-likeness (QED) is 0.861. The van der Waals surface area contributed by atoms with Crippen molar-refractivity contribution in [3.63, 3.8) is 0 Å². The van der Waals surface area contributed by atoms with Gasteiger partial charge in [0.05, 0.1) is 6.10 Å². The van der Waals surface area contributed by atoms with Gasteiger partial charge >= 0.3 is 0 Å². The number of amides is 1. The van der Waals surface area contributed by atoms with Crippen molar-refractivity contribution in [3.8, 4) is 0 Å². The van der Waals surface area contributed by atoms with Crippen molar-refractivity contribution in [2.75, 3.05) is 19.7 Å². The molecule has 3 heterocycles. The third-order valence-corrected chi connectivity index (χ3v) is 4.30. The van der Waals surface area contributed by atoms with Crippen molar-refractivity contribution >= 4 is 11.6 Å². The van der Waals surface area contributed by atoms with Crippen LogP contribution in [-0.4, -0.2) is 46.0 Å². The van der Waals surface area contributed by atoms with Gasteiger partial charge in [-0.3, -0.25) is 14.0 Å². The van der Waals surface area contributed by atoms with E-state index in [-0.39, 0.29) is 23.1 Å². The predicted molar refractivity (Wildman–Crippen MR) is 91.4 cm³/mol. The average Bonchev–Trinajstić information content (AvgIpc) is 2.60.